The summed E-state index contributed by atoms with van der Waals surface area (Å²) >= 11 is 1.30. The van der Waals surface area contributed by atoms with Crippen LogP contribution in [0.1, 0.15) is 21.7 Å². The summed E-state index contributed by atoms with van der Waals surface area (Å²) in [4.78, 5) is 35.3. The molecule has 10 heteroatoms. The fourth-order valence-electron chi connectivity index (χ4n) is 3.81. The smallest absolute Gasteiger partial charge is 0.249 e. The van der Waals surface area contributed by atoms with Crippen LogP contribution < -0.4 is 21.4 Å². The van der Waals surface area contributed by atoms with Crippen molar-refractivity contribution < 1.29 is 9.21 Å². The van der Waals surface area contributed by atoms with Crippen molar-refractivity contribution in [1.29, 1.82) is 5.41 Å². The number of benzene rings is 1. The number of piperazine rings is 1. The maximum Gasteiger partial charge on any atom is 0.249 e. The molecule has 0 aliphatic carbocycles. The normalized spacial score (nSPS) is 13.9. The monoisotopic (exact) mass is 460 g/mol. The highest BCUT2D eigenvalue weighted by atomic mass is 32.1. The predicted octanol–water partition coefficient (Wildman–Crippen LogP) is 2.24. The van der Waals surface area contributed by atoms with Crippen molar-refractivity contribution in [2.24, 2.45) is 5.73 Å². The molecule has 0 atom stereocenters. The summed E-state index contributed by atoms with van der Waals surface area (Å²) in [5.74, 6) is 0.0461. The number of thiophene rings is 1. The van der Waals surface area contributed by atoms with Gasteiger partial charge in [0.2, 0.25) is 11.3 Å². The number of hydrogen-bond donors (Lipinski definition) is 3. The second kappa shape index (κ2) is 8.57. The number of nitrogens with two attached hydrogens (primary N) is 1. The number of aromatic nitrogens is 2. The number of carbonyl (C=O) groups excluding carboxylic acids is 1. The third kappa shape index (κ3) is 3.90. The lowest BCUT2D eigenvalue weighted by Gasteiger charge is -2.27. The van der Waals surface area contributed by atoms with Crippen LogP contribution in [0.5, 0.6) is 0 Å². The lowest BCUT2D eigenvalue weighted by atomic mass is 10.0. The molecule has 4 heterocycles. The Balaban J connectivity index is 1.57. The van der Waals surface area contributed by atoms with Gasteiger partial charge >= 0.3 is 0 Å². The molecule has 1 amide bonds. The fraction of sp³-hybridized carbons (Fsp3) is 0.174. The lowest BCUT2D eigenvalue weighted by Crippen LogP contribution is -2.43. The standard InChI is InChI=1S/C23H20N6O3S/c24-19(13-3-1-2-4-14(13)22(25)31)23-27-6-5-16(28-23)15-12-33-21-17(30)11-18(32-20(15)21)29-9-7-26-8-10-29/h1-6,11-12,24,26H,7-10H2,(H2,25,31). The van der Waals surface area contributed by atoms with Crippen molar-refractivity contribution >= 4 is 39.1 Å². The Morgan fingerprint density at radius 1 is 1.18 bits per heavy atom. The first kappa shape index (κ1) is 21.0. The van der Waals surface area contributed by atoms with Crippen molar-refractivity contribution in [3.05, 3.63) is 75.1 Å². The van der Waals surface area contributed by atoms with Gasteiger partial charge in [-0.25, -0.2) is 9.97 Å². The SMILES string of the molecule is N=C(c1nccc(-c2csc3c(=O)cc(N4CCNCC4)oc23)n1)c1ccccc1C(N)=O. The van der Waals surface area contributed by atoms with Gasteiger partial charge < -0.3 is 20.4 Å². The fourth-order valence-corrected chi connectivity index (χ4v) is 4.71. The average Bonchev–Trinajstić information content (AvgIpc) is 3.29. The molecule has 3 aromatic heterocycles. The van der Waals surface area contributed by atoms with E-state index in [0.29, 0.717) is 33.0 Å². The van der Waals surface area contributed by atoms with E-state index in [4.69, 9.17) is 15.6 Å². The van der Waals surface area contributed by atoms with E-state index in [1.165, 1.54) is 17.4 Å². The van der Waals surface area contributed by atoms with E-state index in [0.717, 1.165) is 26.2 Å². The second-order valence-corrected chi connectivity index (χ2v) is 8.42. The van der Waals surface area contributed by atoms with Gasteiger partial charge in [0.1, 0.15) is 10.4 Å². The minimum Gasteiger partial charge on any atom is -0.439 e. The van der Waals surface area contributed by atoms with Crippen LogP contribution in [0.2, 0.25) is 0 Å². The molecule has 1 fully saturated rings. The Kier molecular flexibility index (Phi) is 5.45. The summed E-state index contributed by atoms with van der Waals surface area (Å²) in [5, 5.41) is 13.7. The van der Waals surface area contributed by atoms with Crippen LogP contribution >= 0.6 is 11.3 Å². The number of hydrogen-bond acceptors (Lipinski definition) is 9. The minimum absolute atomic E-state index is 0.0197. The molecule has 1 aromatic carbocycles. The molecule has 1 saturated heterocycles. The van der Waals surface area contributed by atoms with Crippen LogP contribution in [-0.4, -0.2) is 47.8 Å². The van der Waals surface area contributed by atoms with E-state index in [-0.39, 0.29) is 22.5 Å². The molecule has 1 aliphatic rings. The second-order valence-electron chi connectivity index (χ2n) is 7.54. The molecule has 33 heavy (non-hydrogen) atoms. The lowest BCUT2D eigenvalue weighted by molar-refractivity contribution is 0.1000. The van der Waals surface area contributed by atoms with Gasteiger partial charge in [-0.3, -0.25) is 15.0 Å². The van der Waals surface area contributed by atoms with E-state index in [1.54, 1.807) is 36.5 Å². The summed E-state index contributed by atoms with van der Waals surface area (Å²) in [7, 11) is 0. The molecule has 9 nitrogen and oxygen atoms in total. The molecule has 166 valence electrons. The number of amides is 1. The first-order valence-electron chi connectivity index (χ1n) is 10.4. The van der Waals surface area contributed by atoms with Gasteiger partial charge in [0.05, 0.1) is 11.3 Å². The Morgan fingerprint density at radius 3 is 2.70 bits per heavy atom. The quantitative estimate of drug-likeness (QED) is 0.388. The molecular weight excluding hydrogens is 440 g/mol. The Hall–Kier alpha value is -3.89. The number of carbonyl (C=O) groups is 1. The number of nitrogens with zero attached hydrogens (tertiary/aromatic N) is 3. The molecular formula is C23H20N6O3S. The number of anilines is 1. The zero-order chi connectivity index (χ0) is 22.9. The Bertz CT molecular complexity index is 1440. The van der Waals surface area contributed by atoms with Crippen LogP contribution in [0.4, 0.5) is 5.88 Å². The van der Waals surface area contributed by atoms with Crippen molar-refractivity contribution in [2.75, 3.05) is 31.1 Å². The first-order chi connectivity index (χ1) is 16.0. The van der Waals surface area contributed by atoms with Crippen molar-refractivity contribution in [1.82, 2.24) is 15.3 Å². The van der Waals surface area contributed by atoms with Crippen molar-refractivity contribution in [3.8, 4) is 11.3 Å². The van der Waals surface area contributed by atoms with Crippen LogP contribution in [0.3, 0.4) is 0 Å². The predicted molar refractivity (Wildman–Crippen MR) is 127 cm³/mol. The van der Waals surface area contributed by atoms with Crippen LogP contribution in [0.15, 0.2) is 57.2 Å². The summed E-state index contributed by atoms with van der Waals surface area (Å²) < 4.78 is 6.69. The molecule has 4 N–H and O–H groups in total. The highest BCUT2D eigenvalue weighted by Crippen LogP contribution is 2.33. The van der Waals surface area contributed by atoms with Crippen molar-refractivity contribution in [3.63, 3.8) is 0 Å². The number of primary amides is 1. The zero-order valence-corrected chi connectivity index (χ0v) is 18.3. The average molecular weight is 461 g/mol. The third-order valence-electron chi connectivity index (χ3n) is 5.48. The molecule has 0 radical (unpaired) electrons. The van der Waals surface area contributed by atoms with Crippen LogP contribution in [0, 0.1) is 5.41 Å². The molecule has 4 aromatic rings. The van der Waals surface area contributed by atoms with Gasteiger partial charge in [0.25, 0.3) is 0 Å². The molecule has 0 spiro atoms. The van der Waals surface area contributed by atoms with Crippen LogP contribution in [-0.2, 0) is 0 Å². The Labute approximate surface area is 192 Å². The van der Waals surface area contributed by atoms with Gasteiger partial charge in [-0.1, -0.05) is 18.2 Å². The number of fused-ring (bicyclic) bond motifs is 1. The molecule has 0 saturated carbocycles. The van der Waals surface area contributed by atoms with Gasteiger partial charge in [-0.2, -0.15) is 0 Å². The van der Waals surface area contributed by atoms with E-state index in [9.17, 15) is 9.59 Å². The maximum atomic E-state index is 12.7. The van der Waals surface area contributed by atoms with Gasteiger partial charge in [-0.15, -0.1) is 11.3 Å². The highest BCUT2D eigenvalue weighted by Gasteiger charge is 2.20. The minimum atomic E-state index is -0.627. The molecule has 0 unspecified atom stereocenters. The number of rotatable bonds is 5. The van der Waals surface area contributed by atoms with E-state index >= 15 is 0 Å². The Morgan fingerprint density at radius 2 is 1.94 bits per heavy atom. The highest BCUT2D eigenvalue weighted by molar-refractivity contribution is 7.17. The van der Waals surface area contributed by atoms with E-state index in [1.807, 2.05) is 10.3 Å². The summed E-state index contributed by atoms with van der Waals surface area (Å²) in [6, 6.07) is 9.85. The topological polar surface area (TPSA) is 138 Å². The molecule has 5 rings (SSSR count). The molecule has 1 aliphatic heterocycles. The van der Waals surface area contributed by atoms with E-state index < -0.39 is 5.91 Å². The van der Waals surface area contributed by atoms with Crippen molar-refractivity contribution in [2.45, 2.75) is 0 Å². The maximum absolute atomic E-state index is 12.7. The number of nitrogens with one attached hydrogen (secondary N) is 2. The van der Waals surface area contributed by atoms with E-state index in [2.05, 4.69) is 15.3 Å². The summed E-state index contributed by atoms with van der Waals surface area (Å²) in [6.07, 6.45) is 1.54. The molecule has 0 bridgehead atoms. The van der Waals surface area contributed by atoms with Gasteiger partial charge in [0.15, 0.2) is 17.3 Å². The largest absolute Gasteiger partial charge is 0.439 e. The van der Waals surface area contributed by atoms with Crippen LogP contribution in [0.25, 0.3) is 21.5 Å². The first-order valence-corrected chi connectivity index (χ1v) is 11.2. The summed E-state index contributed by atoms with van der Waals surface area (Å²) in [5.41, 5.74) is 7.57. The zero-order valence-electron chi connectivity index (χ0n) is 17.5. The summed E-state index contributed by atoms with van der Waals surface area (Å²) in [6.45, 7) is 3.15. The van der Waals surface area contributed by atoms with Gasteiger partial charge in [0, 0.05) is 54.9 Å². The van der Waals surface area contributed by atoms with Gasteiger partial charge in [-0.05, 0) is 12.1 Å². The third-order valence-corrected chi connectivity index (χ3v) is 6.45.